The summed E-state index contributed by atoms with van der Waals surface area (Å²) in [5.74, 6) is 0. The minimum absolute atomic E-state index is 0.517. The molecule has 59 heavy (non-hydrogen) atoms. The van der Waals surface area contributed by atoms with Gasteiger partial charge in [-0.2, -0.15) is 0 Å². The summed E-state index contributed by atoms with van der Waals surface area (Å²) in [6.45, 7) is 0. The van der Waals surface area contributed by atoms with Crippen molar-refractivity contribution in [2.24, 2.45) is 0 Å². The monoisotopic (exact) mass is 751 g/mol. The molecule has 2 nitrogen and oxygen atoms in total. The number of para-hydroxylation sites is 2. The predicted octanol–water partition coefficient (Wildman–Crippen LogP) is 15.4. The molecule has 1 heterocycles. The lowest BCUT2D eigenvalue weighted by atomic mass is 9.67. The zero-order valence-corrected chi connectivity index (χ0v) is 32.2. The summed E-state index contributed by atoms with van der Waals surface area (Å²) in [7, 11) is 0. The molecule has 0 N–H and O–H groups in total. The zero-order chi connectivity index (χ0) is 38.9. The van der Waals surface area contributed by atoms with E-state index in [1.807, 2.05) is 12.1 Å². The first-order chi connectivity index (χ1) is 29.3. The molecule has 1 aromatic heterocycles. The molecule has 276 valence electrons. The minimum Gasteiger partial charge on any atom is -0.455 e. The maximum Gasteiger partial charge on any atom is 0.143 e. The molecule has 0 unspecified atom stereocenters. The van der Waals surface area contributed by atoms with Crippen molar-refractivity contribution in [2.75, 3.05) is 4.90 Å². The molecular formula is C57H37NO. The van der Waals surface area contributed by atoms with Crippen LogP contribution in [-0.4, -0.2) is 0 Å². The number of anilines is 3. The van der Waals surface area contributed by atoms with Crippen LogP contribution in [0, 0.1) is 0 Å². The van der Waals surface area contributed by atoms with Crippen LogP contribution in [-0.2, 0) is 5.41 Å². The first kappa shape index (κ1) is 33.5. The largest absolute Gasteiger partial charge is 0.455 e. The Hall–Kier alpha value is -7.68. The standard InChI is InChI=1S/C57H37NO/c1-3-17-41(18-4-1)57(42-19-5-2-6-20-42)51-26-11-9-22-47(51)48-36-35-44(37-52(48)57)58(53-27-13-16-40-30-29-38-15-7-8-21-45(38)55(40)53)43-33-31-39(32-34-43)46-24-14-25-50-49-23-10-12-28-54(49)59-56(46)50/h1-37H. The van der Waals surface area contributed by atoms with Gasteiger partial charge in [0.15, 0.2) is 0 Å². The summed E-state index contributed by atoms with van der Waals surface area (Å²) in [6, 6.07) is 81.9. The topological polar surface area (TPSA) is 16.4 Å². The fraction of sp³-hybridized carbons (Fsp3) is 0.0175. The van der Waals surface area contributed by atoms with Gasteiger partial charge in [0.25, 0.3) is 0 Å². The quantitative estimate of drug-likeness (QED) is 0.157. The van der Waals surface area contributed by atoms with E-state index in [-0.39, 0.29) is 0 Å². The van der Waals surface area contributed by atoms with Crippen LogP contribution in [0.2, 0.25) is 0 Å². The molecule has 12 rings (SSSR count). The van der Waals surface area contributed by atoms with Gasteiger partial charge in [-0.05, 0) is 91.5 Å². The van der Waals surface area contributed by atoms with Gasteiger partial charge in [0, 0.05) is 33.1 Å². The van der Waals surface area contributed by atoms with E-state index in [2.05, 4.69) is 217 Å². The molecule has 0 amide bonds. The van der Waals surface area contributed by atoms with Crippen LogP contribution in [0.3, 0.4) is 0 Å². The second-order valence-electron chi connectivity index (χ2n) is 15.6. The molecule has 0 fully saturated rings. The van der Waals surface area contributed by atoms with E-state index in [9.17, 15) is 0 Å². The Labute approximate surface area is 342 Å². The van der Waals surface area contributed by atoms with Crippen LogP contribution >= 0.6 is 0 Å². The normalized spacial score (nSPS) is 12.9. The summed E-state index contributed by atoms with van der Waals surface area (Å²) in [6.07, 6.45) is 0. The smallest absolute Gasteiger partial charge is 0.143 e. The summed E-state index contributed by atoms with van der Waals surface area (Å²) in [5, 5.41) is 7.15. The van der Waals surface area contributed by atoms with E-state index in [4.69, 9.17) is 4.42 Å². The molecule has 2 heteroatoms. The highest BCUT2D eigenvalue weighted by Gasteiger charge is 2.46. The fourth-order valence-corrected chi connectivity index (χ4v) is 9.99. The lowest BCUT2D eigenvalue weighted by Gasteiger charge is -2.35. The molecule has 0 atom stereocenters. The van der Waals surface area contributed by atoms with Gasteiger partial charge in [-0.3, -0.25) is 0 Å². The van der Waals surface area contributed by atoms with E-state index in [0.29, 0.717) is 0 Å². The van der Waals surface area contributed by atoms with Crippen LogP contribution in [0.4, 0.5) is 17.1 Å². The van der Waals surface area contributed by atoms with Crippen LogP contribution in [0.25, 0.3) is 65.7 Å². The maximum absolute atomic E-state index is 6.49. The lowest BCUT2D eigenvalue weighted by molar-refractivity contribution is 0.670. The Bertz CT molecular complexity index is 3340. The minimum atomic E-state index is -0.517. The van der Waals surface area contributed by atoms with Gasteiger partial charge >= 0.3 is 0 Å². The number of furan rings is 1. The Morgan fingerprint density at radius 1 is 0.373 bits per heavy atom. The van der Waals surface area contributed by atoms with E-state index in [1.54, 1.807) is 0 Å². The van der Waals surface area contributed by atoms with Crippen molar-refractivity contribution in [1.82, 2.24) is 0 Å². The highest BCUT2D eigenvalue weighted by atomic mass is 16.3. The SMILES string of the molecule is c1ccc(C2(c3ccccc3)c3ccccc3-c3ccc(N(c4ccc(-c5cccc6c5oc5ccccc56)cc4)c4cccc5ccc6ccccc6c45)cc32)cc1. The molecule has 0 aliphatic heterocycles. The molecule has 1 aliphatic rings. The molecule has 11 aromatic rings. The first-order valence-electron chi connectivity index (χ1n) is 20.3. The van der Waals surface area contributed by atoms with E-state index >= 15 is 0 Å². The number of rotatable bonds is 6. The van der Waals surface area contributed by atoms with Crippen molar-refractivity contribution < 1.29 is 4.42 Å². The van der Waals surface area contributed by atoms with Gasteiger partial charge in [-0.1, -0.05) is 188 Å². The van der Waals surface area contributed by atoms with Gasteiger partial charge in [0.2, 0.25) is 0 Å². The summed E-state index contributed by atoms with van der Waals surface area (Å²) >= 11 is 0. The van der Waals surface area contributed by atoms with Gasteiger partial charge < -0.3 is 9.32 Å². The molecule has 0 spiro atoms. The Morgan fingerprint density at radius 3 is 1.78 bits per heavy atom. The third-order valence-corrected chi connectivity index (χ3v) is 12.5. The third kappa shape index (κ3) is 5.00. The average molecular weight is 752 g/mol. The molecule has 10 aromatic carbocycles. The van der Waals surface area contributed by atoms with Crippen molar-refractivity contribution in [3.8, 4) is 22.3 Å². The van der Waals surface area contributed by atoms with Gasteiger partial charge in [-0.15, -0.1) is 0 Å². The Morgan fingerprint density at radius 2 is 0.966 bits per heavy atom. The first-order valence-corrected chi connectivity index (χ1v) is 20.3. The maximum atomic E-state index is 6.49. The number of nitrogens with zero attached hydrogens (tertiary/aromatic N) is 1. The summed E-state index contributed by atoms with van der Waals surface area (Å²) in [4.78, 5) is 2.46. The van der Waals surface area contributed by atoms with Crippen molar-refractivity contribution in [2.45, 2.75) is 5.41 Å². The van der Waals surface area contributed by atoms with Crippen LogP contribution in [0.15, 0.2) is 229 Å². The molecule has 1 aliphatic carbocycles. The van der Waals surface area contributed by atoms with E-state index in [0.717, 1.165) is 50.1 Å². The Balaban J connectivity index is 1.11. The van der Waals surface area contributed by atoms with E-state index in [1.165, 1.54) is 54.9 Å². The van der Waals surface area contributed by atoms with Gasteiger partial charge in [0.1, 0.15) is 11.2 Å². The lowest BCUT2D eigenvalue weighted by Crippen LogP contribution is -2.28. The molecule has 0 saturated carbocycles. The van der Waals surface area contributed by atoms with Gasteiger partial charge in [0.05, 0.1) is 11.1 Å². The van der Waals surface area contributed by atoms with Crippen LogP contribution in [0.5, 0.6) is 0 Å². The van der Waals surface area contributed by atoms with Crippen LogP contribution < -0.4 is 4.90 Å². The predicted molar refractivity (Wildman–Crippen MR) is 246 cm³/mol. The summed E-state index contributed by atoms with van der Waals surface area (Å²) < 4.78 is 6.49. The Kier molecular flexibility index (Phi) is 7.48. The molecule has 0 saturated heterocycles. The third-order valence-electron chi connectivity index (χ3n) is 12.5. The number of fused-ring (bicyclic) bond motifs is 9. The number of benzene rings is 10. The van der Waals surface area contributed by atoms with Crippen molar-refractivity contribution in [3.63, 3.8) is 0 Å². The van der Waals surface area contributed by atoms with E-state index < -0.39 is 5.41 Å². The second-order valence-corrected chi connectivity index (χ2v) is 15.6. The number of hydrogen-bond donors (Lipinski definition) is 0. The highest BCUT2D eigenvalue weighted by molar-refractivity contribution is 6.15. The van der Waals surface area contributed by atoms with Crippen molar-refractivity contribution in [3.05, 3.63) is 247 Å². The molecule has 0 bridgehead atoms. The molecular weight excluding hydrogens is 715 g/mol. The van der Waals surface area contributed by atoms with Crippen molar-refractivity contribution in [1.29, 1.82) is 0 Å². The summed E-state index contributed by atoms with van der Waals surface area (Å²) in [5.41, 5.74) is 14.4. The average Bonchev–Trinajstić information content (AvgIpc) is 3.84. The zero-order valence-electron chi connectivity index (χ0n) is 32.2. The number of hydrogen-bond acceptors (Lipinski definition) is 2. The fourth-order valence-electron chi connectivity index (χ4n) is 9.99. The highest BCUT2D eigenvalue weighted by Crippen LogP contribution is 2.57. The van der Waals surface area contributed by atoms with Gasteiger partial charge in [-0.25, -0.2) is 0 Å². The van der Waals surface area contributed by atoms with Crippen LogP contribution in [0.1, 0.15) is 22.3 Å². The second kappa shape index (κ2) is 13.2. The molecule has 0 radical (unpaired) electrons. The van der Waals surface area contributed by atoms with Crippen molar-refractivity contribution >= 4 is 60.5 Å².